The summed E-state index contributed by atoms with van der Waals surface area (Å²) in [4.78, 5) is 11.3. The molecule has 1 rings (SSSR count). The molecule has 0 fully saturated rings. The van der Waals surface area contributed by atoms with Crippen LogP contribution in [-0.4, -0.2) is 23.7 Å². The zero-order valence-electron chi connectivity index (χ0n) is 13.2. The van der Waals surface area contributed by atoms with Gasteiger partial charge < -0.3 is 15.2 Å². The van der Waals surface area contributed by atoms with Crippen molar-refractivity contribution < 1.29 is 14.6 Å². The number of halogens is 2. The molecule has 0 saturated carbocycles. The molecule has 0 aromatic heterocycles. The fourth-order valence-corrected chi connectivity index (χ4v) is 3.51. The van der Waals surface area contributed by atoms with E-state index in [9.17, 15) is 9.90 Å². The molecular formula is C16H23Br2NO3. The standard InChI is InChI=1S/C16H23Br2NO3/c1-4-5-22-15-11(7-12(17)8-13(15)18)9-19-14(16(20)21)6-10(2)3/h7-8,10,14,19H,4-6,9H2,1-3H3,(H,20,21). The molecule has 0 radical (unpaired) electrons. The third kappa shape index (κ3) is 6.26. The van der Waals surface area contributed by atoms with Crippen LogP contribution in [0.1, 0.15) is 39.2 Å². The third-order valence-corrected chi connectivity index (χ3v) is 4.13. The van der Waals surface area contributed by atoms with E-state index in [2.05, 4.69) is 37.2 Å². The molecule has 124 valence electrons. The Morgan fingerprint density at radius 2 is 2.05 bits per heavy atom. The van der Waals surface area contributed by atoms with Crippen molar-refractivity contribution in [2.75, 3.05) is 6.61 Å². The fraction of sp³-hybridized carbons (Fsp3) is 0.562. The minimum absolute atomic E-state index is 0.318. The van der Waals surface area contributed by atoms with Gasteiger partial charge in [0.25, 0.3) is 0 Å². The first-order valence-electron chi connectivity index (χ1n) is 7.42. The highest BCUT2D eigenvalue weighted by atomic mass is 79.9. The van der Waals surface area contributed by atoms with Crippen LogP contribution in [0.25, 0.3) is 0 Å². The summed E-state index contributed by atoms with van der Waals surface area (Å²) in [6.07, 6.45) is 1.51. The molecule has 22 heavy (non-hydrogen) atoms. The highest BCUT2D eigenvalue weighted by Gasteiger charge is 2.19. The van der Waals surface area contributed by atoms with E-state index >= 15 is 0 Å². The van der Waals surface area contributed by atoms with Crippen molar-refractivity contribution in [3.8, 4) is 5.75 Å². The van der Waals surface area contributed by atoms with Gasteiger partial charge in [0.1, 0.15) is 11.8 Å². The van der Waals surface area contributed by atoms with Crippen molar-refractivity contribution in [1.29, 1.82) is 0 Å². The van der Waals surface area contributed by atoms with E-state index in [1.165, 1.54) is 0 Å². The summed E-state index contributed by atoms with van der Waals surface area (Å²) >= 11 is 6.97. The van der Waals surface area contributed by atoms with E-state index in [4.69, 9.17) is 4.74 Å². The topological polar surface area (TPSA) is 58.6 Å². The molecule has 1 unspecified atom stereocenters. The lowest BCUT2D eigenvalue weighted by molar-refractivity contribution is -0.140. The van der Waals surface area contributed by atoms with Crippen molar-refractivity contribution in [3.05, 3.63) is 26.6 Å². The predicted octanol–water partition coefficient (Wildman–Crippen LogP) is 4.59. The van der Waals surface area contributed by atoms with Gasteiger partial charge in [-0.1, -0.05) is 36.7 Å². The molecule has 1 aromatic rings. The summed E-state index contributed by atoms with van der Waals surface area (Å²) in [6, 6.07) is 3.32. The number of aliphatic carboxylic acids is 1. The van der Waals surface area contributed by atoms with Gasteiger partial charge in [0, 0.05) is 16.6 Å². The first-order chi connectivity index (χ1) is 10.3. The number of nitrogens with one attached hydrogen (secondary N) is 1. The van der Waals surface area contributed by atoms with Gasteiger partial charge in [0.2, 0.25) is 0 Å². The zero-order valence-corrected chi connectivity index (χ0v) is 16.3. The minimum Gasteiger partial charge on any atom is -0.492 e. The number of rotatable bonds is 9. The SMILES string of the molecule is CCCOc1c(Br)cc(Br)cc1CNC(CC(C)C)C(=O)O. The van der Waals surface area contributed by atoms with E-state index in [0.717, 1.165) is 26.7 Å². The Kier molecular flexibility index (Phi) is 8.43. The summed E-state index contributed by atoms with van der Waals surface area (Å²) in [5.41, 5.74) is 0.935. The number of hydrogen-bond acceptors (Lipinski definition) is 3. The fourth-order valence-electron chi connectivity index (χ4n) is 2.09. The van der Waals surface area contributed by atoms with E-state index < -0.39 is 12.0 Å². The number of ether oxygens (including phenoxy) is 1. The molecule has 0 saturated heterocycles. The molecule has 1 atom stereocenters. The second-order valence-corrected chi connectivity index (χ2v) is 7.40. The summed E-state index contributed by atoms with van der Waals surface area (Å²) in [6.45, 7) is 7.16. The summed E-state index contributed by atoms with van der Waals surface area (Å²) in [7, 11) is 0. The predicted molar refractivity (Wildman–Crippen MR) is 95.3 cm³/mol. The van der Waals surface area contributed by atoms with Crippen LogP contribution >= 0.6 is 31.9 Å². The molecule has 4 nitrogen and oxygen atoms in total. The van der Waals surface area contributed by atoms with Gasteiger partial charge >= 0.3 is 5.97 Å². The first-order valence-corrected chi connectivity index (χ1v) is 9.00. The minimum atomic E-state index is -0.821. The second kappa shape index (κ2) is 9.53. The summed E-state index contributed by atoms with van der Waals surface area (Å²) in [5, 5.41) is 12.4. The highest BCUT2D eigenvalue weighted by Crippen LogP contribution is 2.33. The smallest absolute Gasteiger partial charge is 0.320 e. The number of hydrogen-bond donors (Lipinski definition) is 2. The lowest BCUT2D eigenvalue weighted by Crippen LogP contribution is -2.37. The molecule has 0 aliphatic rings. The van der Waals surface area contributed by atoms with Crippen molar-refractivity contribution in [2.24, 2.45) is 5.92 Å². The monoisotopic (exact) mass is 435 g/mol. The normalized spacial score (nSPS) is 12.5. The Labute approximate surface area is 148 Å². The quantitative estimate of drug-likeness (QED) is 0.594. The van der Waals surface area contributed by atoms with Gasteiger partial charge in [-0.25, -0.2) is 0 Å². The lowest BCUT2D eigenvalue weighted by atomic mass is 10.0. The lowest BCUT2D eigenvalue weighted by Gasteiger charge is -2.19. The van der Waals surface area contributed by atoms with Gasteiger partial charge in [-0.2, -0.15) is 0 Å². The van der Waals surface area contributed by atoms with Crippen LogP contribution < -0.4 is 10.1 Å². The average molecular weight is 437 g/mol. The van der Waals surface area contributed by atoms with Crippen LogP contribution in [0.15, 0.2) is 21.1 Å². The van der Waals surface area contributed by atoms with Crippen LogP contribution in [0.2, 0.25) is 0 Å². The van der Waals surface area contributed by atoms with Gasteiger partial charge in [-0.15, -0.1) is 0 Å². The van der Waals surface area contributed by atoms with Gasteiger partial charge in [0.05, 0.1) is 11.1 Å². The Morgan fingerprint density at radius 1 is 1.36 bits per heavy atom. The Bertz CT molecular complexity index is 506. The van der Waals surface area contributed by atoms with Crippen LogP contribution in [-0.2, 0) is 11.3 Å². The first kappa shape index (κ1) is 19.5. The van der Waals surface area contributed by atoms with Gasteiger partial charge in [-0.3, -0.25) is 4.79 Å². The second-order valence-electron chi connectivity index (χ2n) is 5.63. The molecule has 0 spiro atoms. The van der Waals surface area contributed by atoms with E-state index in [1.807, 2.05) is 32.9 Å². The van der Waals surface area contributed by atoms with E-state index in [0.29, 0.717) is 25.5 Å². The molecule has 6 heteroatoms. The maximum atomic E-state index is 11.3. The van der Waals surface area contributed by atoms with Gasteiger partial charge in [-0.05, 0) is 46.8 Å². The van der Waals surface area contributed by atoms with Crippen molar-refractivity contribution >= 4 is 37.8 Å². The average Bonchev–Trinajstić information content (AvgIpc) is 2.41. The molecule has 0 bridgehead atoms. The molecule has 0 amide bonds. The Morgan fingerprint density at radius 3 is 2.59 bits per heavy atom. The van der Waals surface area contributed by atoms with Crippen molar-refractivity contribution in [2.45, 2.75) is 46.2 Å². The maximum Gasteiger partial charge on any atom is 0.320 e. The largest absolute Gasteiger partial charge is 0.492 e. The number of carboxylic acid groups (broad SMARTS) is 1. The van der Waals surface area contributed by atoms with Gasteiger partial charge in [0.15, 0.2) is 0 Å². The molecule has 1 aromatic carbocycles. The highest BCUT2D eigenvalue weighted by molar-refractivity contribution is 9.11. The van der Waals surface area contributed by atoms with Crippen molar-refractivity contribution in [1.82, 2.24) is 5.32 Å². The summed E-state index contributed by atoms with van der Waals surface area (Å²) < 4.78 is 7.58. The number of carbonyl (C=O) groups is 1. The van der Waals surface area contributed by atoms with E-state index in [1.54, 1.807) is 0 Å². The van der Waals surface area contributed by atoms with Crippen LogP contribution in [0.3, 0.4) is 0 Å². The Balaban J connectivity index is 2.88. The van der Waals surface area contributed by atoms with Crippen LogP contribution in [0.4, 0.5) is 0 Å². The molecular weight excluding hydrogens is 414 g/mol. The molecule has 0 aliphatic carbocycles. The zero-order chi connectivity index (χ0) is 16.7. The summed E-state index contributed by atoms with van der Waals surface area (Å²) in [5.74, 6) is 0.267. The molecule has 0 aliphatic heterocycles. The Hall–Kier alpha value is -0.590. The van der Waals surface area contributed by atoms with E-state index in [-0.39, 0.29) is 0 Å². The number of benzene rings is 1. The van der Waals surface area contributed by atoms with Crippen molar-refractivity contribution in [3.63, 3.8) is 0 Å². The van der Waals surface area contributed by atoms with Crippen LogP contribution in [0, 0.1) is 5.92 Å². The third-order valence-electron chi connectivity index (χ3n) is 3.08. The molecule has 0 heterocycles. The maximum absolute atomic E-state index is 11.3. The molecule has 2 N–H and O–H groups in total. The van der Waals surface area contributed by atoms with Crippen LogP contribution in [0.5, 0.6) is 5.75 Å². The number of carboxylic acids is 1.